The lowest BCUT2D eigenvalue weighted by molar-refractivity contribution is -0.253. The highest BCUT2D eigenvalue weighted by Gasteiger charge is 2.54. The van der Waals surface area contributed by atoms with E-state index < -0.39 is 65.4 Å². The van der Waals surface area contributed by atoms with Crippen molar-refractivity contribution in [2.75, 3.05) is 26.4 Å². The van der Waals surface area contributed by atoms with Crippen molar-refractivity contribution in [3.8, 4) is 33.2 Å². The molecule has 2 aromatic carbocycles. The van der Waals surface area contributed by atoms with Gasteiger partial charge in [0.15, 0.2) is 19.3 Å². The monoisotopic (exact) mass is 925 g/mol. The Kier molecular flexibility index (Phi) is 14.4. The Bertz CT molecular complexity index is 2370. The van der Waals surface area contributed by atoms with Crippen molar-refractivity contribution in [3.05, 3.63) is 79.0 Å². The van der Waals surface area contributed by atoms with Crippen molar-refractivity contribution in [3.63, 3.8) is 0 Å². The molecule has 2 amide bonds. The van der Waals surface area contributed by atoms with Crippen LogP contribution >= 0.6 is 11.3 Å². The standard InChI is InChI=1S/C19H20F2N2O6S.C18H17F4NO6S2/c1-18(20,21)29-14-4-2-13(3-5-14)16-7-6-15(12-22-16)30(26,27)19(17(24)23-25)8-10-28-11-9-19;19-15(20)18(21,22)29-12-3-1-11(2-4-12)13-5-6-14(30-13)31(26,27)17(16(24)23-25)7-9-28-10-8-17/h2-7,12,25H,8-11H2,1H3,(H,23,24);1-6,15,25H,7-10H2,(H,23,24). The van der Waals surface area contributed by atoms with Crippen molar-refractivity contribution in [1.29, 1.82) is 0 Å². The van der Waals surface area contributed by atoms with Crippen LogP contribution in [0, 0.1) is 0 Å². The van der Waals surface area contributed by atoms with Gasteiger partial charge in [0.05, 0.1) is 10.6 Å². The summed E-state index contributed by atoms with van der Waals surface area (Å²) < 4.78 is 144. The summed E-state index contributed by atoms with van der Waals surface area (Å²) in [5, 5.41) is 18.1. The van der Waals surface area contributed by atoms with Crippen LogP contribution in [0.15, 0.2) is 88.1 Å². The maximum absolute atomic E-state index is 13.2. The number of hydrogen-bond acceptors (Lipinski definition) is 14. The van der Waals surface area contributed by atoms with E-state index in [1.165, 1.54) is 71.6 Å². The number of pyridine rings is 1. The van der Waals surface area contributed by atoms with E-state index >= 15 is 0 Å². The third-order valence-electron chi connectivity index (χ3n) is 9.65. The van der Waals surface area contributed by atoms with Gasteiger partial charge in [-0.25, -0.2) is 27.8 Å². The number of hydrogen-bond donors (Lipinski definition) is 4. The molecule has 2 aromatic heterocycles. The second-order valence-electron chi connectivity index (χ2n) is 13.5. The molecule has 0 atom stereocenters. The minimum absolute atomic E-state index is 0.0234. The molecule has 15 nitrogen and oxygen atoms in total. The molecule has 0 unspecified atom stereocenters. The highest BCUT2D eigenvalue weighted by Crippen LogP contribution is 2.41. The first-order chi connectivity index (χ1) is 28.6. The van der Waals surface area contributed by atoms with Crippen LogP contribution in [-0.4, -0.2) is 98.6 Å². The molecule has 4 heterocycles. The number of amides is 2. The number of hydroxylamine groups is 2. The molecule has 0 radical (unpaired) electrons. The SMILES string of the molecule is CC(F)(F)Oc1ccc(-c2ccc(S(=O)(=O)C3(C(=O)NO)CCOCC3)cn2)cc1.O=C(NO)C1(S(=O)(=O)c2ccc(-c3ccc(OC(F)(F)C(F)F)cc3)s2)CCOCC1. The molecule has 4 N–H and O–H groups in total. The van der Waals surface area contributed by atoms with Gasteiger partial charge in [0.25, 0.3) is 11.8 Å². The first-order valence-electron chi connectivity index (χ1n) is 17.8. The Balaban J connectivity index is 0.000000231. The molecule has 24 heteroatoms. The summed E-state index contributed by atoms with van der Waals surface area (Å²) in [5.74, 6) is -2.58. The molecule has 332 valence electrons. The second-order valence-corrected chi connectivity index (χ2v) is 19.4. The number of carbonyl (C=O) groups is 2. The third-order valence-corrected chi connectivity index (χ3v) is 16.3. The smallest absolute Gasteiger partial charge is 0.433 e. The predicted molar refractivity (Wildman–Crippen MR) is 202 cm³/mol. The summed E-state index contributed by atoms with van der Waals surface area (Å²) in [6.07, 6.45) is -11.3. The molecule has 2 aliphatic heterocycles. The van der Waals surface area contributed by atoms with E-state index in [-0.39, 0.29) is 67.0 Å². The average molecular weight is 926 g/mol. The Hall–Kier alpha value is -4.85. The van der Waals surface area contributed by atoms with Crippen LogP contribution in [0.5, 0.6) is 11.5 Å². The number of benzene rings is 2. The Labute approximate surface area is 348 Å². The Morgan fingerprint density at radius 2 is 1.20 bits per heavy atom. The second kappa shape index (κ2) is 18.6. The van der Waals surface area contributed by atoms with Gasteiger partial charge in [-0.3, -0.25) is 25.0 Å². The zero-order valence-electron chi connectivity index (χ0n) is 31.7. The number of rotatable bonds is 13. The molecule has 2 fully saturated rings. The van der Waals surface area contributed by atoms with Gasteiger partial charge in [-0.2, -0.15) is 26.3 Å². The number of halogens is 6. The van der Waals surface area contributed by atoms with Crippen molar-refractivity contribution in [2.45, 2.75) is 69.8 Å². The molecule has 4 aromatic rings. The van der Waals surface area contributed by atoms with Crippen molar-refractivity contribution in [1.82, 2.24) is 15.9 Å². The van der Waals surface area contributed by atoms with Crippen LogP contribution in [0.25, 0.3) is 21.7 Å². The molecule has 61 heavy (non-hydrogen) atoms. The molecule has 0 saturated carbocycles. The number of sulfone groups is 2. The normalized spacial score (nSPS) is 16.8. The minimum Gasteiger partial charge on any atom is -0.433 e. The van der Waals surface area contributed by atoms with E-state index in [1.807, 2.05) is 0 Å². The zero-order valence-corrected chi connectivity index (χ0v) is 34.1. The van der Waals surface area contributed by atoms with Crippen LogP contribution in [0.2, 0.25) is 0 Å². The number of nitrogens with one attached hydrogen (secondary N) is 2. The van der Waals surface area contributed by atoms with Gasteiger partial charge in [-0.05, 0) is 104 Å². The largest absolute Gasteiger partial charge is 0.461 e. The van der Waals surface area contributed by atoms with E-state index in [0.29, 0.717) is 28.6 Å². The minimum atomic E-state index is -4.64. The van der Waals surface area contributed by atoms with Crippen LogP contribution in [0.4, 0.5) is 26.3 Å². The fourth-order valence-corrected chi connectivity index (χ4v) is 11.8. The summed E-state index contributed by atoms with van der Waals surface area (Å²) in [7, 11) is -8.38. The van der Waals surface area contributed by atoms with Crippen LogP contribution < -0.4 is 20.4 Å². The predicted octanol–water partition coefficient (Wildman–Crippen LogP) is 6.05. The van der Waals surface area contributed by atoms with Crippen LogP contribution in [0.3, 0.4) is 0 Å². The lowest BCUT2D eigenvalue weighted by atomic mass is 9.98. The van der Waals surface area contributed by atoms with E-state index in [1.54, 1.807) is 0 Å². The molecule has 2 aliphatic rings. The molecular formula is C37H37F6N3O12S3. The van der Waals surface area contributed by atoms with Crippen molar-refractivity contribution in [2.24, 2.45) is 0 Å². The van der Waals surface area contributed by atoms with Gasteiger partial charge in [0.2, 0.25) is 9.84 Å². The first-order valence-corrected chi connectivity index (χ1v) is 21.6. The lowest BCUT2D eigenvalue weighted by Gasteiger charge is -2.34. The number of alkyl halides is 6. The van der Waals surface area contributed by atoms with Gasteiger partial charge in [0, 0.05) is 50.0 Å². The fourth-order valence-electron chi connectivity index (χ4n) is 6.38. The number of nitrogens with zero attached hydrogens (tertiary/aromatic N) is 1. The van der Waals surface area contributed by atoms with Crippen molar-refractivity contribution >= 4 is 42.8 Å². The molecule has 0 bridgehead atoms. The quantitative estimate of drug-likeness (QED) is 0.0684. The third kappa shape index (κ3) is 10.1. The van der Waals surface area contributed by atoms with Gasteiger partial charge in [-0.15, -0.1) is 11.3 Å². The summed E-state index contributed by atoms with van der Waals surface area (Å²) in [4.78, 5) is 28.9. The highest BCUT2D eigenvalue weighted by atomic mass is 32.2. The number of aromatic nitrogens is 1. The van der Waals surface area contributed by atoms with Crippen LogP contribution in [0.1, 0.15) is 32.6 Å². The number of thiophene rings is 1. The summed E-state index contributed by atoms with van der Waals surface area (Å²) in [6.45, 7) is 0.794. The van der Waals surface area contributed by atoms with Gasteiger partial charge in [0.1, 0.15) is 15.7 Å². The van der Waals surface area contributed by atoms with Gasteiger partial charge >= 0.3 is 18.6 Å². The summed E-state index contributed by atoms with van der Waals surface area (Å²) in [5.41, 5.74) is 4.25. The topological polar surface area (TPSA) is 217 Å². The molecule has 6 rings (SSSR count). The van der Waals surface area contributed by atoms with E-state index in [4.69, 9.17) is 19.9 Å². The molecule has 0 spiro atoms. The van der Waals surface area contributed by atoms with Crippen molar-refractivity contribution < 1.29 is 82.1 Å². The summed E-state index contributed by atoms with van der Waals surface area (Å²) >= 11 is 0.838. The van der Waals surface area contributed by atoms with E-state index in [0.717, 1.165) is 29.7 Å². The fraction of sp³-hybridized carbons (Fsp3) is 0.378. The van der Waals surface area contributed by atoms with Crippen LogP contribution in [-0.2, 0) is 38.7 Å². The number of ether oxygens (including phenoxy) is 4. The van der Waals surface area contributed by atoms with Gasteiger partial charge in [-0.1, -0.05) is 0 Å². The number of carbonyl (C=O) groups excluding carboxylic acids is 2. The maximum atomic E-state index is 13.2. The highest BCUT2D eigenvalue weighted by molar-refractivity contribution is 7.95. The van der Waals surface area contributed by atoms with Gasteiger partial charge < -0.3 is 18.9 Å². The Morgan fingerprint density at radius 1 is 0.721 bits per heavy atom. The zero-order chi connectivity index (χ0) is 44.9. The average Bonchev–Trinajstić information content (AvgIpc) is 3.75. The lowest BCUT2D eigenvalue weighted by Crippen LogP contribution is -2.54. The van der Waals surface area contributed by atoms with E-state index in [9.17, 15) is 52.8 Å². The molecular weight excluding hydrogens is 889 g/mol. The van der Waals surface area contributed by atoms with E-state index in [2.05, 4.69) is 14.5 Å². The first kappa shape index (κ1) is 47.2. The molecule has 0 aliphatic carbocycles. The maximum Gasteiger partial charge on any atom is 0.461 e. The summed E-state index contributed by atoms with van der Waals surface area (Å²) in [6, 6.07) is 16.0. The molecule has 2 saturated heterocycles. The Morgan fingerprint density at radius 3 is 1.64 bits per heavy atom.